The molecule has 0 aromatic rings. The smallest absolute Gasteiger partial charge is 0.0543 e. The summed E-state index contributed by atoms with van der Waals surface area (Å²) in [7, 11) is 1.73. The normalized spacial score (nSPS) is 14.3. The van der Waals surface area contributed by atoms with Gasteiger partial charge in [0.1, 0.15) is 0 Å². The first-order valence-corrected chi connectivity index (χ1v) is 5.13. The average molecular weight is 198 g/mol. The number of rotatable bonds is 7. The highest BCUT2D eigenvalue weighted by Gasteiger charge is 2.07. The molecule has 0 rings (SSSR count). The van der Waals surface area contributed by atoms with E-state index >= 15 is 0 Å². The van der Waals surface area contributed by atoms with Crippen LogP contribution < -0.4 is 11.3 Å². The first-order chi connectivity index (χ1) is 6.74. The maximum atomic E-state index is 5.44. The molecular formula is C11H22N2O. The Morgan fingerprint density at radius 1 is 1.36 bits per heavy atom. The van der Waals surface area contributed by atoms with E-state index in [0.29, 0.717) is 12.1 Å². The maximum absolute atomic E-state index is 5.44. The van der Waals surface area contributed by atoms with Crippen LogP contribution in [0.15, 0.2) is 0 Å². The largest absolute Gasteiger partial charge is 0.382 e. The van der Waals surface area contributed by atoms with Crippen LogP contribution in [0.5, 0.6) is 0 Å². The zero-order valence-electron chi connectivity index (χ0n) is 9.47. The van der Waals surface area contributed by atoms with Crippen molar-refractivity contribution in [2.24, 2.45) is 5.84 Å². The van der Waals surface area contributed by atoms with Gasteiger partial charge in [0, 0.05) is 19.6 Å². The number of hydrazine groups is 1. The van der Waals surface area contributed by atoms with Crippen LogP contribution in [0.25, 0.3) is 0 Å². The number of nitrogens with one attached hydrogen (secondary N) is 1. The second-order valence-corrected chi connectivity index (χ2v) is 3.45. The second-order valence-electron chi connectivity index (χ2n) is 3.45. The van der Waals surface area contributed by atoms with Gasteiger partial charge in [-0.25, -0.2) is 0 Å². The Labute approximate surface area is 87.4 Å². The molecule has 3 N–H and O–H groups in total. The van der Waals surface area contributed by atoms with E-state index in [1.165, 1.54) is 0 Å². The maximum Gasteiger partial charge on any atom is 0.0543 e. The molecule has 2 atom stereocenters. The highest BCUT2D eigenvalue weighted by molar-refractivity contribution is 4.95. The lowest BCUT2D eigenvalue weighted by Crippen LogP contribution is -2.35. The quantitative estimate of drug-likeness (QED) is 0.370. The molecule has 0 heterocycles. The minimum absolute atomic E-state index is 0.308. The number of hydrogen-bond acceptors (Lipinski definition) is 3. The van der Waals surface area contributed by atoms with Gasteiger partial charge in [-0.15, -0.1) is 11.8 Å². The Bertz CT molecular complexity index is 183. The van der Waals surface area contributed by atoms with Crippen molar-refractivity contribution in [1.82, 2.24) is 5.43 Å². The van der Waals surface area contributed by atoms with Crippen LogP contribution in [0.2, 0.25) is 0 Å². The minimum Gasteiger partial charge on any atom is -0.382 e. The van der Waals surface area contributed by atoms with Crippen molar-refractivity contribution >= 4 is 0 Å². The van der Waals surface area contributed by atoms with Gasteiger partial charge in [0.05, 0.1) is 6.10 Å². The van der Waals surface area contributed by atoms with Crippen molar-refractivity contribution in [3.63, 3.8) is 0 Å². The van der Waals surface area contributed by atoms with E-state index in [0.717, 1.165) is 25.7 Å². The highest BCUT2D eigenvalue weighted by atomic mass is 16.5. The van der Waals surface area contributed by atoms with Crippen molar-refractivity contribution in [3.8, 4) is 11.8 Å². The van der Waals surface area contributed by atoms with Gasteiger partial charge in [0.25, 0.3) is 0 Å². The van der Waals surface area contributed by atoms with E-state index in [4.69, 9.17) is 10.6 Å². The average Bonchev–Trinajstić information content (AvgIpc) is 2.22. The van der Waals surface area contributed by atoms with Crippen LogP contribution in [-0.2, 0) is 4.74 Å². The third-order valence-corrected chi connectivity index (χ3v) is 2.35. The Morgan fingerprint density at radius 3 is 2.57 bits per heavy atom. The fourth-order valence-corrected chi connectivity index (χ4v) is 1.24. The lowest BCUT2D eigenvalue weighted by Gasteiger charge is -2.16. The number of hydrogen-bond donors (Lipinski definition) is 2. The van der Waals surface area contributed by atoms with Gasteiger partial charge in [-0.2, -0.15) is 0 Å². The fourth-order valence-electron chi connectivity index (χ4n) is 1.24. The van der Waals surface area contributed by atoms with Crippen molar-refractivity contribution in [1.29, 1.82) is 0 Å². The van der Waals surface area contributed by atoms with Gasteiger partial charge in [-0.05, 0) is 33.1 Å². The Morgan fingerprint density at radius 2 is 2.07 bits per heavy atom. The number of ether oxygens (including phenoxy) is 1. The minimum atomic E-state index is 0.308. The molecule has 82 valence electrons. The third-order valence-electron chi connectivity index (χ3n) is 2.35. The van der Waals surface area contributed by atoms with Crippen molar-refractivity contribution in [2.45, 2.75) is 51.7 Å². The lowest BCUT2D eigenvalue weighted by molar-refractivity contribution is 0.106. The summed E-state index contributed by atoms with van der Waals surface area (Å²) >= 11 is 0. The van der Waals surface area contributed by atoms with Crippen LogP contribution in [0.4, 0.5) is 0 Å². The molecule has 0 bridgehead atoms. The lowest BCUT2D eigenvalue weighted by atomic mass is 10.0. The fraction of sp³-hybridized carbons (Fsp3) is 0.818. The Hall–Kier alpha value is -0.560. The van der Waals surface area contributed by atoms with E-state index in [2.05, 4.69) is 24.2 Å². The van der Waals surface area contributed by atoms with Gasteiger partial charge >= 0.3 is 0 Å². The van der Waals surface area contributed by atoms with Crippen LogP contribution in [0.3, 0.4) is 0 Å². The molecule has 2 unspecified atom stereocenters. The molecule has 0 amide bonds. The zero-order valence-corrected chi connectivity index (χ0v) is 9.47. The van der Waals surface area contributed by atoms with Crippen LogP contribution in [0, 0.1) is 11.8 Å². The van der Waals surface area contributed by atoms with Crippen LogP contribution >= 0.6 is 0 Å². The van der Waals surface area contributed by atoms with Gasteiger partial charge in [-0.1, -0.05) is 0 Å². The number of nitrogens with two attached hydrogens (primary N) is 1. The van der Waals surface area contributed by atoms with Crippen molar-refractivity contribution < 1.29 is 4.74 Å². The highest BCUT2D eigenvalue weighted by Crippen LogP contribution is 2.07. The summed E-state index contributed by atoms with van der Waals surface area (Å²) in [5, 5.41) is 0. The van der Waals surface area contributed by atoms with E-state index in [-0.39, 0.29) is 0 Å². The topological polar surface area (TPSA) is 47.3 Å². The van der Waals surface area contributed by atoms with Crippen molar-refractivity contribution in [3.05, 3.63) is 0 Å². The first-order valence-electron chi connectivity index (χ1n) is 5.13. The Balaban J connectivity index is 3.60. The predicted molar refractivity (Wildman–Crippen MR) is 59.5 cm³/mol. The van der Waals surface area contributed by atoms with E-state index in [1.54, 1.807) is 7.11 Å². The van der Waals surface area contributed by atoms with Gasteiger partial charge in [0.15, 0.2) is 0 Å². The molecule has 0 saturated carbocycles. The standard InChI is InChI=1S/C11H22N2O/c1-4-5-6-7-11(13-12)9-8-10(2)14-3/h10-11,13H,6-9,12H2,1-3H3. The molecule has 0 radical (unpaired) electrons. The summed E-state index contributed by atoms with van der Waals surface area (Å²) in [6, 6.07) is 0.355. The summed E-state index contributed by atoms with van der Waals surface area (Å²) in [5.41, 5.74) is 2.82. The summed E-state index contributed by atoms with van der Waals surface area (Å²) in [6.45, 7) is 3.93. The van der Waals surface area contributed by atoms with E-state index in [1.807, 2.05) is 6.92 Å². The molecule has 0 aromatic carbocycles. The molecule has 0 spiro atoms. The molecule has 0 saturated heterocycles. The van der Waals surface area contributed by atoms with Crippen LogP contribution in [-0.4, -0.2) is 19.3 Å². The van der Waals surface area contributed by atoms with Crippen LogP contribution in [0.1, 0.15) is 39.5 Å². The molecule has 3 heteroatoms. The molecule has 0 aliphatic heterocycles. The molecule has 3 nitrogen and oxygen atoms in total. The summed E-state index contributed by atoms with van der Waals surface area (Å²) in [6.07, 6.45) is 4.30. The molecule has 14 heavy (non-hydrogen) atoms. The van der Waals surface area contributed by atoms with Gasteiger partial charge in [0.2, 0.25) is 0 Å². The molecule has 0 fully saturated rings. The van der Waals surface area contributed by atoms with Crippen molar-refractivity contribution in [2.75, 3.05) is 7.11 Å². The summed E-state index contributed by atoms with van der Waals surface area (Å²) in [4.78, 5) is 0. The van der Waals surface area contributed by atoms with E-state index in [9.17, 15) is 0 Å². The summed E-state index contributed by atoms with van der Waals surface area (Å²) < 4.78 is 5.17. The van der Waals surface area contributed by atoms with E-state index < -0.39 is 0 Å². The number of methoxy groups -OCH3 is 1. The molecular weight excluding hydrogens is 176 g/mol. The molecule has 0 aliphatic carbocycles. The zero-order chi connectivity index (χ0) is 10.8. The Kier molecular flexibility index (Phi) is 8.65. The SMILES string of the molecule is CC#CCCC(CCC(C)OC)NN. The molecule has 0 aliphatic rings. The third kappa shape index (κ3) is 6.90. The first kappa shape index (κ1) is 13.4. The monoisotopic (exact) mass is 198 g/mol. The predicted octanol–water partition coefficient (Wildman–Crippen LogP) is 1.44. The van der Waals surface area contributed by atoms with Gasteiger partial charge < -0.3 is 4.74 Å². The second kappa shape index (κ2) is 9.01. The summed E-state index contributed by atoms with van der Waals surface area (Å²) in [5.74, 6) is 11.4. The molecule has 0 aromatic heterocycles. The van der Waals surface area contributed by atoms with Gasteiger partial charge in [-0.3, -0.25) is 11.3 Å².